The zero-order valence-corrected chi connectivity index (χ0v) is 25.0. The quantitative estimate of drug-likeness (QED) is 0.319. The van der Waals surface area contributed by atoms with Crippen LogP contribution in [0.4, 0.5) is 18.9 Å². The van der Waals surface area contributed by atoms with E-state index in [4.69, 9.17) is 14.2 Å². The Balaban J connectivity index is 1.38. The number of aromatic nitrogens is 2. The monoisotopic (exact) mass is 635 g/mol. The molecule has 0 spiro atoms. The minimum Gasteiger partial charge on any atom is -0.497 e. The number of hydrogen-bond acceptors (Lipinski definition) is 7. The molecule has 0 atom stereocenters. The average Bonchev–Trinajstić information content (AvgIpc) is 3.68. The van der Waals surface area contributed by atoms with Crippen molar-refractivity contribution in [2.75, 3.05) is 39.4 Å². The molecule has 1 N–H and O–H groups in total. The molecule has 238 valence electrons. The largest absolute Gasteiger partial charge is 0.497 e. The molecule has 6 rings (SSSR count). The number of hydrogen-bond donors (Lipinski definition) is 1. The number of benzene rings is 3. The van der Waals surface area contributed by atoms with E-state index in [1.54, 1.807) is 56.6 Å². The van der Waals surface area contributed by atoms with Gasteiger partial charge < -0.3 is 29.3 Å². The number of amides is 3. The van der Waals surface area contributed by atoms with Crippen LogP contribution in [0.3, 0.4) is 0 Å². The molecular formula is C32H28F3N5O6. The van der Waals surface area contributed by atoms with Gasteiger partial charge >= 0.3 is 6.18 Å². The summed E-state index contributed by atoms with van der Waals surface area (Å²) in [5, 5.41) is 6.64. The van der Waals surface area contributed by atoms with Gasteiger partial charge in [-0.2, -0.15) is 18.3 Å². The van der Waals surface area contributed by atoms with Crippen LogP contribution in [0.2, 0.25) is 0 Å². The lowest BCUT2D eigenvalue weighted by Crippen LogP contribution is -2.39. The summed E-state index contributed by atoms with van der Waals surface area (Å²) in [5.41, 5.74) is -0.417. The Labute approximate surface area is 261 Å². The molecule has 0 saturated heterocycles. The zero-order chi connectivity index (χ0) is 32.7. The molecule has 0 unspecified atom stereocenters. The third kappa shape index (κ3) is 5.57. The van der Waals surface area contributed by atoms with Gasteiger partial charge in [0.15, 0.2) is 17.2 Å². The Morgan fingerprint density at radius 3 is 2.46 bits per heavy atom. The minimum absolute atomic E-state index is 0.0436. The fourth-order valence-corrected chi connectivity index (χ4v) is 5.39. The van der Waals surface area contributed by atoms with E-state index in [1.165, 1.54) is 35.1 Å². The second-order valence-electron chi connectivity index (χ2n) is 10.8. The Morgan fingerprint density at radius 1 is 1.02 bits per heavy atom. The van der Waals surface area contributed by atoms with Crippen LogP contribution in [0.25, 0.3) is 5.69 Å². The van der Waals surface area contributed by atoms with Gasteiger partial charge in [-0.3, -0.25) is 14.4 Å². The number of ether oxygens (including phenoxy) is 3. The van der Waals surface area contributed by atoms with Crippen LogP contribution in [0.5, 0.6) is 17.2 Å². The molecule has 2 aliphatic heterocycles. The van der Waals surface area contributed by atoms with Crippen molar-refractivity contribution in [3.05, 3.63) is 94.3 Å². The second-order valence-corrected chi connectivity index (χ2v) is 10.8. The summed E-state index contributed by atoms with van der Waals surface area (Å²) in [4.78, 5) is 42.6. The van der Waals surface area contributed by atoms with Crippen molar-refractivity contribution in [2.24, 2.45) is 0 Å². The standard InChI is InChI=1S/C32H28F3N5O6/c1-38(2)30(42)19-5-7-20(8-6-19)39-13-12-22-27(31(39)43)40(37-28(22)32(33,34)35)24-10-9-21(44-3)15-23(24)29(41)36-16-18-4-11-25-26(14-18)46-17-45-25/h4-11,14-15H,12-13,16-17H2,1-3H3,(H,36,41). The van der Waals surface area contributed by atoms with Gasteiger partial charge in [-0.05, 0) is 66.6 Å². The minimum atomic E-state index is -4.86. The molecule has 46 heavy (non-hydrogen) atoms. The van der Waals surface area contributed by atoms with E-state index in [9.17, 15) is 27.6 Å². The van der Waals surface area contributed by atoms with Crippen LogP contribution in [0.1, 0.15) is 48.0 Å². The van der Waals surface area contributed by atoms with Crippen molar-refractivity contribution in [3.63, 3.8) is 0 Å². The lowest BCUT2D eigenvalue weighted by Gasteiger charge is -2.28. The van der Waals surface area contributed by atoms with E-state index < -0.39 is 23.7 Å². The van der Waals surface area contributed by atoms with Crippen LogP contribution in [-0.4, -0.2) is 66.9 Å². The summed E-state index contributed by atoms with van der Waals surface area (Å²) in [5.74, 6) is -0.238. The predicted molar refractivity (Wildman–Crippen MR) is 159 cm³/mol. The van der Waals surface area contributed by atoms with Gasteiger partial charge in [0.05, 0.1) is 18.4 Å². The number of methoxy groups -OCH3 is 1. The van der Waals surface area contributed by atoms with Crippen LogP contribution >= 0.6 is 0 Å². The molecule has 0 aliphatic carbocycles. The Kier molecular flexibility index (Phi) is 7.80. The fourth-order valence-electron chi connectivity index (χ4n) is 5.39. The molecule has 0 bridgehead atoms. The van der Waals surface area contributed by atoms with Crippen LogP contribution in [0, 0.1) is 0 Å². The summed E-state index contributed by atoms with van der Waals surface area (Å²) < 4.78 is 59.7. The molecule has 0 radical (unpaired) electrons. The highest BCUT2D eigenvalue weighted by Crippen LogP contribution is 2.38. The van der Waals surface area contributed by atoms with Crippen molar-refractivity contribution >= 4 is 23.4 Å². The number of nitrogens with one attached hydrogen (secondary N) is 1. The normalized spacial score (nSPS) is 13.8. The highest BCUT2D eigenvalue weighted by Gasteiger charge is 2.43. The third-order valence-corrected chi connectivity index (χ3v) is 7.68. The highest BCUT2D eigenvalue weighted by molar-refractivity contribution is 6.08. The molecular weight excluding hydrogens is 607 g/mol. The first-order valence-electron chi connectivity index (χ1n) is 14.1. The van der Waals surface area contributed by atoms with E-state index in [1.807, 2.05) is 0 Å². The van der Waals surface area contributed by atoms with Crippen molar-refractivity contribution in [3.8, 4) is 22.9 Å². The van der Waals surface area contributed by atoms with Gasteiger partial charge in [-0.15, -0.1) is 0 Å². The van der Waals surface area contributed by atoms with Gasteiger partial charge in [-0.25, -0.2) is 4.68 Å². The number of rotatable bonds is 7. The number of halogens is 3. The van der Waals surface area contributed by atoms with E-state index in [-0.39, 0.29) is 60.5 Å². The van der Waals surface area contributed by atoms with Crippen LogP contribution < -0.4 is 24.4 Å². The first-order valence-corrected chi connectivity index (χ1v) is 14.1. The van der Waals surface area contributed by atoms with Gasteiger partial charge in [-0.1, -0.05) is 6.07 Å². The van der Waals surface area contributed by atoms with E-state index in [0.29, 0.717) is 28.3 Å². The smallest absolute Gasteiger partial charge is 0.435 e. The van der Waals surface area contributed by atoms with Crippen molar-refractivity contribution in [2.45, 2.75) is 19.1 Å². The maximum Gasteiger partial charge on any atom is 0.435 e. The predicted octanol–water partition coefficient (Wildman–Crippen LogP) is 4.46. The number of alkyl halides is 3. The molecule has 3 aromatic carbocycles. The number of nitrogens with zero attached hydrogens (tertiary/aromatic N) is 4. The van der Waals surface area contributed by atoms with E-state index >= 15 is 0 Å². The van der Waals surface area contributed by atoms with E-state index in [2.05, 4.69) is 10.4 Å². The SMILES string of the molecule is COc1ccc(-n2nc(C(F)(F)F)c3c2C(=O)N(c2ccc(C(=O)N(C)C)cc2)CC3)c(C(=O)NCc2ccc3c(c2)OCO3)c1. The molecule has 1 aromatic heterocycles. The number of carbonyl (C=O) groups excluding carboxylic acids is 3. The highest BCUT2D eigenvalue weighted by atomic mass is 19.4. The maximum absolute atomic E-state index is 14.3. The van der Waals surface area contributed by atoms with Crippen molar-refractivity contribution in [1.82, 2.24) is 20.0 Å². The average molecular weight is 636 g/mol. The molecule has 3 amide bonds. The summed E-state index contributed by atoms with van der Waals surface area (Å²) >= 11 is 0. The number of carbonyl (C=O) groups is 3. The molecule has 4 aromatic rings. The fraction of sp³-hybridized carbons (Fsp3) is 0.250. The topological polar surface area (TPSA) is 115 Å². The lowest BCUT2D eigenvalue weighted by molar-refractivity contribution is -0.141. The van der Waals surface area contributed by atoms with Crippen molar-refractivity contribution in [1.29, 1.82) is 0 Å². The summed E-state index contributed by atoms with van der Waals surface area (Å²) in [6.45, 7) is 0.104. The molecule has 14 heteroatoms. The van der Waals surface area contributed by atoms with Crippen molar-refractivity contribution < 1.29 is 41.8 Å². The summed E-state index contributed by atoms with van der Waals surface area (Å²) in [6, 6.07) is 15.6. The van der Waals surface area contributed by atoms with Crippen LogP contribution in [0.15, 0.2) is 60.7 Å². The molecule has 3 heterocycles. The number of anilines is 1. The first kappa shape index (κ1) is 30.5. The molecule has 0 fully saturated rings. The molecule has 11 nitrogen and oxygen atoms in total. The third-order valence-electron chi connectivity index (χ3n) is 7.68. The van der Waals surface area contributed by atoms with Gasteiger partial charge in [0.25, 0.3) is 17.7 Å². The van der Waals surface area contributed by atoms with Gasteiger partial charge in [0.1, 0.15) is 11.4 Å². The Hall–Kier alpha value is -5.53. The number of fused-ring (bicyclic) bond motifs is 2. The molecule has 2 aliphatic rings. The summed E-state index contributed by atoms with van der Waals surface area (Å²) in [6.07, 6.45) is -5.00. The van der Waals surface area contributed by atoms with Gasteiger partial charge in [0.2, 0.25) is 6.79 Å². The van der Waals surface area contributed by atoms with Gasteiger partial charge in [0, 0.05) is 44.0 Å². The van der Waals surface area contributed by atoms with Crippen LogP contribution in [-0.2, 0) is 19.1 Å². The zero-order valence-electron chi connectivity index (χ0n) is 25.0. The Morgan fingerprint density at radius 2 is 1.76 bits per heavy atom. The first-order chi connectivity index (χ1) is 22.0. The van der Waals surface area contributed by atoms with E-state index in [0.717, 1.165) is 4.68 Å². The lowest BCUT2D eigenvalue weighted by atomic mass is 10.0. The summed E-state index contributed by atoms with van der Waals surface area (Å²) in [7, 11) is 4.60. The maximum atomic E-state index is 14.3. The second kappa shape index (κ2) is 11.8. The Bertz CT molecular complexity index is 1850. The molecule has 0 saturated carbocycles.